The lowest BCUT2D eigenvalue weighted by molar-refractivity contribution is -0.129. The third kappa shape index (κ3) is 3.31. The fraction of sp³-hybridized carbons (Fsp3) is 0.417. The monoisotopic (exact) mass is 440 g/mol. The van der Waals surface area contributed by atoms with Crippen LogP contribution in [0.3, 0.4) is 0 Å². The van der Waals surface area contributed by atoms with Gasteiger partial charge in [0.05, 0.1) is 11.5 Å². The van der Waals surface area contributed by atoms with Gasteiger partial charge in [0.25, 0.3) is 10.1 Å². The average Bonchev–Trinajstić information content (AvgIpc) is 3.18. The fourth-order valence-electron chi connectivity index (χ4n) is 5.51. The van der Waals surface area contributed by atoms with Crippen molar-refractivity contribution in [3.8, 4) is 0 Å². The summed E-state index contributed by atoms with van der Waals surface area (Å²) in [6.45, 7) is 2.82. The van der Waals surface area contributed by atoms with Gasteiger partial charge >= 0.3 is 0 Å². The Kier molecular flexibility index (Phi) is 4.97. The molecule has 31 heavy (non-hydrogen) atoms. The SMILES string of the molecule is CO[C@]12C[C@@H](COS(=O)(=O)c3ccc(C)cc3)CN(C)[C@@H]1Cc1c[nH]c3cccc2c13. The molecule has 1 aromatic heterocycles. The first-order chi connectivity index (χ1) is 14.8. The van der Waals surface area contributed by atoms with Crippen molar-refractivity contribution in [3.05, 3.63) is 65.4 Å². The summed E-state index contributed by atoms with van der Waals surface area (Å²) in [6, 6.07) is 13.3. The number of piperidine rings is 1. The number of aromatic amines is 1. The largest absolute Gasteiger partial charge is 0.372 e. The first-order valence-corrected chi connectivity index (χ1v) is 12.1. The molecule has 1 N–H and O–H groups in total. The van der Waals surface area contributed by atoms with Gasteiger partial charge < -0.3 is 9.72 Å². The van der Waals surface area contributed by atoms with Gasteiger partial charge in [-0.1, -0.05) is 29.8 Å². The van der Waals surface area contributed by atoms with E-state index in [1.165, 1.54) is 16.5 Å². The van der Waals surface area contributed by atoms with Gasteiger partial charge in [-0.15, -0.1) is 0 Å². The predicted molar refractivity (Wildman–Crippen MR) is 120 cm³/mol. The molecule has 0 spiro atoms. The third-order valence-corrected chi connectivity index (χ3v) is 8.29. The lowest BCUT2D eigenvalue weighted by Crippen LogP contribution is -2.59. The van der Waals surface area contributed by atoms with Crippen LogP contribution in [-0.2, 0) is 31.1 Å². The Morgan fingerprint density at radius 2 is 1.97 bits per heavy atom. The summed E-state index contributed by atoms with van der Waals surface area (Å²) in [5, 5.41) is 1.24. The van der Waals surface area contributed by atoms with Crippen LogP contribution in [0.1, 0.15) is 23.1 Å². The minimum absolute atomic E-state index is 0.0252. The molecule has 7 heteroatoms. The molecule has 0 unspecified atom stereocenters. The highest BCUT2D eigenvalue weighted by molar-refractivity contribution is 7.86. The Hall–Kier alpha value is -2.19. The number of aromatic nitrogens is 1. The molecular formula is C24H28N2O4S. The summed E-state index contributed by atoms with van der Waals surface area (Å²) >= 11 is 0. The van der Waals surface area contributed by atoms with Crippen molar-refractivity contribution < 1.29 is 17.3 Å². The van der Waals surface area contributed by atoms with Gasteiger partial charge in [-0.05, 0) is 62.1 Å². The number of ether oxygens (including phenoxy) is 1. The van der Waals surface area contributed by atoms with Crippen molar-refractivity contribution in [2.75, 3.05) is 27.3 Å². The number of aryl methyl sites for hydroxylation is 1. The average molecular weight is 441 g/mol. The Morgan fingerprint density at radius 1 is 1.19 bits per heavy atom. The first-order valence-electron chi connectivity index (χ1n) is 10.6. The zero-order valence-electron chi connectivity index (χ0n) is 18.1. The number of methoxy groups -OCH3 is 1. The van der Waals surface area contributed by atoms with E-state index in [2.05, 4.69) is 41.3 Å². The second-order valence-electron chi connectivity index (χ2n) is 8.92. The normalized spacial score (nSPS) is 26.2. The van der Waals surface area contributed by atoms with E-state index in [1.807, 2.05) is 6.92 Å². The van der Waals surface area contributed by atoms with E-state index in [4.69, 9.17) is 8.92 Å². The minimum Gasteiger partial charge on any atom is -0.372 e. The van der Waals surface area contributed by atoms with Crippen LogP contribution in [-0.4, -0.2) is 51.7 Å². The Labute approximate surface area is 183 Å². The van der Waals surface area contributed by atoms with Crippen molar-refractivity contribution in [1.29, 1.82) is 0 Å². The van der Waals surface area contributed by atoms with Gasteiger partial charge in [0.1, 0.15) is 5.60 Å². The topological polar surface area (TPSA) is 71.6 Å². The van der Waals surface area contributed by atoms with Crippen LogP contribution < -0.4 is 0 Å². The molecule has 1 saturated heterocycles. The molecule has 2 aromatic carbocycles. The molecule has 1 fully saturated rings. The number of nitrogens with one attached hydrogen (secondary N) is 1. The molecule has 2 heterocycles. The Balaban J connectivity index is 1.43. The Bertz CT molecular complexity index is 1220. The number of likely N-dealkylation sites (N-methyl/N-ethyl adjacent to an activating group) is 1. The maximum absolute atomic E-state index is 12.7. The van der Waals surface area contributed by atoms with Gasteiger partial charge in [-0.2, -0.15) is 8.42 Å². The minimum atomic E-state index is -3.79. The highest BCUT2D eigenvalue weighted by Gasteiger charge is 2.51. The second kappa shape index (κ2) is 7.45. The van der Waals surface area contributed by atoms with Crippen LogP contribution in [0.15, 0.2) is 53.6 Å². The van der Waals surface area contributed by atoms with Crippen LogP contribution in [0.2, 0.25) is 0 Å². The molecule has 5 rings (SSSR count). The van der Waals surface area contributed by atoms with Gasteiger partial charge in [-0.3, -0.25) is 9.08 Å². The summed E-state index contributed by atoms with van der Waals surface area (Å²) in [7, 11) is 0.0674. The number of rotatable bonds is 5. The number of hydrogen-bond acceptors (Lipinski definition) is 5. The van der Waals surface area contributed by atoms with Crippen molar-refractivity contribution in [2.24, 2.45) is 5.92 Å². The fourth-order valence-corrected chi connectivity index (χ4v) is 6.48. The van der Waals surface area contributed by atoms with Gasteiger partial charge in [0.15, 0.2) is 0 Å². The quantitative estimate of drug-likeness (QED) is 0.614. The smallest absolute Gasteiger partial charge is 0.296 e. The molecule has 2 aliphatic rings. The van der Waals surface area contributed by atoms with Crippen molar-refractivity contribution in [3.63, 3.8) is 0 Å². The summed E-state index contributed by atoms with van der Waals surface area (Å²) in [6.07, 6.45) is 3.72. The predicted octanol–water partition coefficient (Wildman–Crippen LogP) is 3.60. The summed E-state index contributed by atoms with van der Waals surface area (Å²) < 4.78 is 37.2. The number of benzene rings is 2. The standard InChI is InChI=1S/C24H28N2O4S/c1-16-7-9-19(10-8-16)31(27,28)30-15-17-12-24(29-3)20-5-4-6-21-23(20)18(13-25-21)11-22(24)26(2)14-17/h4-10,13,17,22,25H,11-12,14-15H2,1-3H3/t17-,22-,24+/m1/s1. The van der Waals surface area contributed by atoms with E-state index in [9.17, 15) is 8.42 Å². The maximum atomic E-state index is 12.7. The maximum Gasteiger partial charge on any atom is 0.296 e. The molecule has 3 atom stereocenters. The van der Waals surface area contributed by atoms with Gasteiger partial charge in [0.2, 0.25) is 0 Å². The zero-order chi connectivity index (χ0) is 21.8. The molecule has 1 aliphatic heterocycles. The molecule has 6 nitrogen and oxygen atoms in total. The number of nitrogens with zero attached hydrogens (tertiary/aromatic N) is 1. The zero-order valence-corrected chi connectivity index (χ0v) is 18.9. The highest BCUT2D eigenvalue weighted by atomic mass is 32.2. The van der Waals surface area contributed by atoms with Gasteiger partial charge in [-0.25, -0.2) is 0 Å². The van der Waals surface area contributed by atoms with E-state index in [-0.39, 0.29) is 23.5 Å². The van der Waals surface area contributed by atoms with Crippen LogP contribution in [0.25, 0.3) is 10.9 Å². The number of H-pyrrole nitrogens is 1. The summed E-state index contributed by atoms with van der Waals surface area (Å²) in [5.74, 6) is 0.0252. The van der Waals surface area contributed by atoms with Crippen molar-refractivity contribution >= 4 is 21.0 Å². The molecule has 164 valence electrons. The third-order valence-electron chi connectivity index (χ3n) is 7.00. The lowest BCUT2D eigenvalue weighted by Gasteiger charge is -2.53. The van der Waals surface area contributed by atoms with E-state index in [0.29, 0.717) is 6.42 Å². The van der Waals surface area contributed by atoms with Crippen LogP contribution in [0.4, 0.5) is 0 Å². The highest BCUT2D eigenvalue weighted by Crippen LogP contribution is 2.49. The molecule has 0 radical (unpaired) electrons. The Morgan fingerprint density at radius 3 is 2.71 bits per heavy atom. The van der Waals surface area contributed by atoms with E-state index < -0.39 is 15.7 Å². The van der Waals surface area contributed by atoms with E-state index >= 15 is 0 Å². The molecule has 1 aliphatic carbocycles. The van der Waals surface area contributed by atoms with Crippen LogP contribution >= 0.6 is 0 Å². The van der Waals surface area contributed by atoms with Crippen LogP contribution in [0, 0.1) is 12.8 Å². The summed E-state index contributed by atoms with van der Waals surface area (Å²) in [5.41, 5.74) is 4.12. The molecular weight excluding hydrogens is 412 g/mol. The van der Waals surface area contributed by atoms with Crippen molar-refractivity contribution in [1.82, 2.24) is 9.88 Å². The number of fused-ring (bicyclic) bond motifs is 2. The van der Waals surface area contributed by atoms with Gasteiger partial charge in [0, 0.05) is 36.8 Å². The van der Waals surface area contributed by atoms with Crippen molar-refractivity contribution in [2.45, 2.75) is 36.3 Å². The second-order valence-corrected chi connectivity index (χ2v) is 10.5. The first kappa shape index (κ1) is 20.7. The number of likely N-dealkylation sites (tertiary alicyclic amines) is 1. The summed E-state index contributed by atoms with van der Waals surface area (Å²) in [4.78, 5) is 5.88. The van der Waals surface area contributed by atoms with E-state index in [1.54, 1.807) is 31.4 Å². The number of hydrogen-bond donors (Lipinski definition) is 1. The lowest BCUT2D eigenvalue weighted by atomic mass is 9.69. The van der Waals surface area contributed by atoms with E-state index in [0.717, 1.165) is 24.0 Å². The molecule has 0 saturated carbocycles. The van der Waals surface area contributed by atoms with Crippen LogP contribution in [0.5, 0.6) is 0 Å². The molecule has 0 bridgehead atoms. The molecule has 0 amide bonds. The molecule has 3 aromatic rings.